The van der Waals surface area contributed by atoms with Crippen LogP contribution in [0.3, 0.4) is 0 Å². The average Bonchev–Trinajstić information content (AvgIpc) is 3.18. The predicted octanol–water partition coefficient (Wildman–Crippen LogP) is -0.547. The van der Waals surface area contributed by atoms with Gasteiger partial charge in [-0.3, -0.25) is 19.4 Å². The van der Waals surface area contributed by atoms with Crippen LogP contribution in [-0.2, 0) is 16.0 Å². The molecule has 3 aromatic rings. The first kappa shape index (κ1) is 17.9. The minimum absolute atomic E-state index is 0.0668. The van der Waals surface area contributed by atoms with Gasteiger partial charge in [0, 0.05) is 31.2 Å². The first-order valence-electron chi connectivity index (χ1n) is 7.91. The summed E-state index contributed by atoms with van der Waals surface area (Å²) in [7, 11) is 0. The number of hydrogen-bond donors (Lipinski definition) is 2. The molecule has 27 heavy (non-hydrogen) atoms. The number of amides is 2. The molecule has 1 unspecified atom stereocenters. The number of aromatic nitrogens is 5. The molecule has 0 fully saturated rings. The Morgan fingerprint density at radius 1 is 1.07 bits per heavy atom. The first-order chi connectivity index (χ1) is 13.1. The molecule has 3 rings (SSSR count). The molecule has 0 aromatic carbocycles. The van der Waals surface area contributed by atoms with Gasteiger partial charge >= 0.3 is 0 Å². The number of carbonyl (C=O) groups is 3. The van der Waals surface area contributed by atoms with E-state index in [0.29, 0.717) is 5.56 Å². The number of primary amides is 1. The van der Waals surface area contributed by atoms with Crippen molar-refractivity contribution in [1.29, 1.82) is 0 Å². The molecule has 0 saturated heterocycles. The van der Waals surface area contributed by atoms with Crippen LogP contribution < -0.4 is 11.1 Å². The van der Waals surface area contributed by atoms with E-state index >= 15 is 0 Å². The zero-order valence-electron chi connectivity index (χ0n) is 14.0. The van der Waals surface area contributed by atoms with E-state index in [0.717, 1.165) is 0 Å². The van der Waals surface area contributed by atoms with E-state index in [4.69, 9.17) is 5.73 Å². The highest BCUT2D eigenvalue weighted by Gasteiger charge is 2.27. The molecule has 3 N–H and O–H groups in total. The second-order valence-corrected chi connectivity index (χ2v) is 5.50. The predicted molar refractivity (Wildman–Crippen MR) is 92.6 cm³/mol. The Morgan fingerprint density at radius 2 is 1.85 bits per heavy atom. The summed E-state index contributed by atoms with van der Waals surface area (Å²) >= 11 is 0. The van der Waals surface area contributed by atoms with Gasteiger partial charge in [-0.05, 0) is 23.8 Å². The highest BCUT2D eigenvalue weighted by atomic mass is 16.2. The van der Waals surface area contributed by atoms with Crippen molar-refractivity contribution in [3.8, 4) is 5.95 Å². The van der Waals surface area contributed by atoms with E-state index in [9.17, 15) is 14.4 Å². The second kappa shape index (κ2) is 7.95. The van der Waals surface area contributed by atoms with Crippen LogP contribution in [0.15, 0.2) is 55.2 Å². The van der Waals surface area contributed by atoms with E-state index in [2.05, 4.69) is 25.4 Å². The standard InChI is InChI=1S/C17H15N7O3/c18-15(26)14(25)12(9-11-3-1-5-19-10-11)23-16(27)13-4-8-22-24(13)17-20-6-2-7-21-17/h1-8,10,12H,9H2,(H2,18,26)(H,23,27). The molecular formula is C17H15N7O3. The Morgan fingerprint density at radius 3 is 2.52 bits per heavy atom. The first-order valence-corrected chi connectivity index (χ1v) is 7.91. The zero-order chi connectivity index (χ0) is 19.2. The summed E-state index contributed by atoms with van der Waals surface area (Å²) in [6, 6.07) is 5.34. The van der Waals surface area contributed by atoms with Crippen molar-refractivity contribution < 1.29 is 14.4 Å². The summed E-state index contributed by atoms with van der Waals surface area (Å²) in [5.74, 6) is -2.47. The smallest absolute Gasteiger partial charge is 0.287 e. The summed E-state index contributed by atoms with van der Waals surface area (Å²) in [5.41, 5.74) is 5.88. The molecule has 0 radical (unpaired) electrons. The maximum Gasteiger partial charge on any atom is 0.287 e. The van der Waals surface area contributed by atoms with Crippen LogP contribution in [0.1, 0.15) is 16.1 Å². The number of carbonyl (C=O) groups excluding carboxylic acids is 3. The van der Waals surface area contributed by atoms with Crippen LogP contribution in [-0.4, -0.2) is 48.4 Å². The van der Waals surface area contributed by atoms with Crippen molar-refractivity contribution in [2.45, 2.75) is 12.5 Å². The normalized spacial score (nSPS) is 11.6. The fourth-order valence-electron chi connectivity index (χ4n) is 2.40. The Hall–Kier alpha value is -3.95. The number of rotatable bonds is 7. The molecule has 10 heteroatoms. The van der Waals surface area contributed by atoms with Gasteiger partial charge in [-0.2, -0.15) is 9.78 Å². The summed E-state index contributed by atoms with van der Waals surface area (Å²) in [6.45, 7) is 0. The van der Waals surface area contributed by atoms with E-state index in [1.165, 1.54) is 35.5 Å². The molecule has 136 valence electrons. The molecule has 3 heterocycles. The summed E-state index contributed by atoms with van der Waals surface area (Å²) < 4.78 is 1.23. The second-order valence-electron chi connectivity index (χ2n) is 5.50. The summed E-state index contributed by atoms with van der Waals surface area (Å²) in [4.78, 5) is 48.2. The summed E-state index contributed by atoms with van der Waals surface area (Å²) in [6.07, 6.45) is 7.59. The van der Waals surface area contributed by atoms with Crippen molar-refractivity contribution in [1.82, 2.24) is 30.0 Å². The number of nitrogens with two attached hydrogens (primary N) is 1. The lowest BCUT2D eigenvalue weighted by atomic mass is 10.0. The van der Waals surface area contributed by atoms with Crippen LogP contribution in [0.25, 0.3) is 5.95 Å². The molecule has 10 nitrogen and oxygen atoms in total. The van der Waals surface area contributed by atoms with Crippen molar-refractivity contribution in [3.05, 3.63) is 66.5 Å². The van der Waals surface area contributed by atoms with Crippen molar-refractivity contribution >= 4 is 17.6 Å². The molecule has 0 aliphatic carbocycles. The third-order valence-corrected chi connectivity index (χ3v) is 3.64. The number of pyridine rings is 1. The van der Waals surface area contributed by atoms with Crippen LogP contribution in [0, 0.1) is 0 Å². The number of hydrogen-bond acceptors (Lipinski definition) is 7. The molecule has 0 aliphatic heterocycles. The SMILES string of the molecule is NC(=O)C(=O)C(Cc1cccnc1)NC(=O)c1ccnn1-c1ncccn1. The van der Waals surface area contributed by atoms with Gasteiger partial charge in [0.05, 0.1) is 6.20 Å². The average molecular weight is 365 g/mol. The maximum absolute atomic E-state index is 12.7. The van der Waals surface area contributed by atoms with Gasteiger partial charge in [0.2, 0.25) is 5.78 Å². The monoisotopic (exact) mass is 365 g/mol. The Balaban J connectivity index is 1.84. The third-order valence-electron chi connectivity index (χ3n) is 3.64. The van der Waals surface area contributed by atoms with Gasteiger partial charge in [0.25, 0.3) is 17.8 Å². The Labute approximate surface area is 153 Å². The minimum atomic E-state index is -1.14. The lowest BCUT2D eigenvalue weighted by molar-refractivity contribution is -0.137. The van der Waals surface area contributed by atoms with Gasteiger partial charge < -0.3 is 11.1 Å². The van der Waals surface area contributed by atoms with Gasteiger partial charge in [-0.25, -0.2) is 9.97 Å². The lowest BCUT2D eigenvalue weighted by Crippen LogP contribution is -2.47. The molecule has 0 bridgehead atoms. The number of ketones is 1. The van der Waals surface area contributed by atoms with Crippen molar-refractivity contribution in [3.63, 3.8) is 0 Å². The number of nitrogens with zero attached hydrogens (tertiary/aromatic N) is 5. The summed E-state index contributed by atoms with van der Waals surface area (Å²) in [5, 5.41) is 6.55. The Kier molecular flexibility index (Phi) is 5.26. The van der Waals surface area contributed by atoms with Crippen molar-refractivity contribution in [2.75, 3.05) is 0 Å². The molecule has 0 saturated carbocycles. The molecule has 2 amide bonds. The maximum atomic E-state index is 12.7. The molecule has 1 atom stereocenters. The van der Waals surface area contributed by atoms with Gasteiger partial charge in [0.1, 0.15) is 11.7 Å². The van der Waals surface area contributed by atoms with Crippen LogP contribution >= 0.6 is 0 Å². The quantitative estimate of drug-likeness (QED) is 0.534. The highest BCUT2D eigenvalue weighted by molar-refractivity contribution is 6.38. The molecular weight excluding hydrogens is 350 g/mol. The molecule has 0 spiro atoms. The topological polar surface area (TPSA) is 146 Å². The highest BCUT2D eigenvalue weighted by Crippen LogP contribution is 2.08. The van der Waals surface area contributed by atoms with E-state index < -0.39 is 23.6 Å². The minimum Gasteiger partial charge on any atom is -0.363 e. The van der Waals surface area contributed by atoms with Crippen molar-refractivity contribution in [2.24, 2.45) is 5.73 Å². The van der Waals surface area contributed by atoms with Gasteiger partial charge in [0.15, 0.2) is 0 Å². The van der Waals surface area contributed by atoms with Gasteiger partial charge in [-0.1, -0.05) is 6.07 Å². The lowest BCUT2D eigenvalue weighted by Gasteiger charge is -2.16. The fraction of sp³-hybridized carbons (Fsp3) is 0.118. The zero-order valence-corrected chi connectivity index (χ0v) is 14.0. The Bertz CT molecular complexity index is 957. The third kappa shape index (κ3) is 4.18. The van der Waals surface area contributed by atoms with E-state index in [-0.39, 0.29) is 18.1 Å². The van der Waals surface area contributed by atoms with Crippen LogP contribution in [0.2, 0.25) is 0 Å². The van der Waals surface area contributed by atoms with E-state index in [1.54, 1.807) is 24.4 Å². The number of nitrogens with one attached hydrogen (secondary N) is 1. The van der Waals surface area contributed by atoms with Crippen LogP contribution in [0.5, 0.6) is 0 Å². The van der Waals surface area contributed by atoms with Crippen LogP contribution in [0.4, 0.5) is 0 Å². The van der Waals surface area contributed by atoms with Gasteiger partial charge in [-0.15, -0.1) is 0 Å². The molecule has 0 aliphatic rings. The number of Topliss-reactive ketones (excluding diaryl/α,β-unsaturated/α-hetero) is 1. The fourth-order valence-corrected chi connectivity index (χ4v) is 2.40. The largest absolute Gasteiger partial charge is 0.363 e. The molecule has 3 aromatic heterocycles. The van der Waals surface area contributed by atoms with E-state index in [1.807, 2.05) is 0 Å².